The molecule has 0 saturated heterocycles. The van der Waals surface area contributed by atoms with E-state index in [1.54, 1.807) is 12.1 Å². The lowest BCUT2D eigenvalue weighted by molar-refractivity contribution is 0.0996. The predicted octanol–water partition coefficient (Wildman–Crippen LogP) is 4.43. The van der Waals surface area contributed by atoms with Gasteiger partial charge in [0.05, 0.1) is 24.4 Å². The number of benzene rings is 1. The number of carbonyl (C=O) groups is 1. The van der Waals surface area contributed by atoms with E-state index in [1.807, 2.05) is 48.9 Å². The van der Waals surface area contributed by atoms with Crippen molar-refractivity contribution in [1.29, 1.82) is 0 Å². The number of amides is 1. The Kier molecular flexibility index (Phi) is 7.43. The van der Waals surface area contributed by atoms with Gasteiger partial charge in [0.15, 0.2) is 11.7 Å². The molecule has 0 radical (unpaired) electrons. The van der Waals surface area contributed by atoms with Crippen molar-refractivity contribution < 1.29 is 9.21 Å². The number of halogens is 2. The molecule has 1 aromatic carbocycles. The van der Waals surface area contributed by atoms with Crippen LogP contribution in [0.1, 0.15) is 28.7 Å². The third-order valence-electron chi connectivity index (χ3n) is 4.35. The Morgan fingerprint density at radius 2 is 2.00 bits per heavy atom. The molecule has 0 bridgehead atoms. The molecule has 158 valence electrons. The van der Waals surface area contributed by atoms with E-state index < -0.39 is 0 Å². The first-order valence-corrected chi connectivity index (χ1v) is 10.2. The highest BCUT2D eigenvalue weighted by Crippen LogP contribution is 2.24. The highest BCUT2D eigenvalue weighted by atomic mass is 35.5. The van der Waals surface area contributed by atoms with Crippen LogP contribution in [0.25, 0.3) is 0 Å². The normalized spacial score (nSPS) is 11.4. The fourth-order valence-electron chi connectivity index (χ4n) is 2.79. The zero-order chi connectivity index (χ0) is 21.5. The quantitative estimate of drug-likeness (QED) is 0.369. The first kappa shape index (κ1) is 21.8. The van der Waals surface area contributed by atoms with Crippen molar-refractivity contribution in [3.05, 3.63) is 75.9 Å². The molecule has 3 aromatic rings. The number of aromatic nitrogens is 1. The van der Waals surface area contributed by atoms with Crippen molar-refractivity contribution in [2.24, 2.45) is 12.0 Å². The van der Waals surface area contributed by atoms with Crippen LogP contribution in [0.2, 0.25) is 10.2 Å². The first-order chi connectivity index (χ1) is 14.5. The molecule has 0 spiro atoms. The highest BCUT2D eigenvalue weighted by Gasteiger charge is 2.10. The minimum atomic E-state index is -0.296. The third-order valence-corrected chi connectivity index (χ3v) is 5.19. The summed E-state index contributed by atoms with van der Waals surface area (Å²) in [5.74, 6) is 0.629. The minimum absolute atomic E-state index is 0.262. The Morgan fingerprint density at radius 3 is 2.67 bits per heavy atom. The molecule has 2 heterocycles. The number of rotatable bonds is 7. The number of hydrogen-bond acceptors (Lipinski definition) is 3. The molecular formula is C21H23Cl2N5O2. The third kappa shape index (κ3) is 5.58. The molecular weight excluding hydrogens is 425 g/mol. The summed E-state index contributed by atoms with van der Waals surface area (Å²) in [7, 11) is 1.86. The van der Waals surface area contributed by atoms with Crippen LogP contribution in [0, 0.1) is 0 Å². The zero-order valence-electron chi connectivity index (χ0n) is 16.7. The standard InChI is InChI=1S/C21H23Cl2N5O2/c1-3-24-21(26-13-16-11-17(22)19(23)28(16)2)25-12-14-6-4-7-15(10-14)27-20(29)18-8-5-9-30-18/h4-11H,3,12-13H2,1-2H3,(H,27,29)(H2,24,25,26). The average molecular weight is 448 g/mol. The number of nitrogens with zero attached hydrogens (tertiary/aromatic N) is 2. The molecule has 0 aliphatic rings. The number of guanidine groups is 1. The SMILES string of the molecule is CCNC(=NCc1cccc(NC(=O)c2ccco2)c1)NCc1cc(Cl)c(Cl)n1C. The van der Waals surface area contributed by atoms with Crippen molar-refractivity contribution >= 4 is 40.8 Å². The van der Waals surface area contributed by atoms with E-state index >= 15 is 0 Å². The Bertz CT molecular complexity index is 1030. The summed E-state index contributed by atoms with van der Waals surface area (Å²) < 4.78 is 6.94. The summed E-state index contributed by atoms with van der Waals surface area (Å²) in [6.45, 7) is 3.68. The molecule has 2 aromatic heterocycles. The van der Waals surface area contributed by atoms with E-state index in [2.05, 4.69) is 20.9 Å². The lowest BCUT2D eigenvalue weighted by Gasteiger charge is -2.12. The zero-order valence-corrected chi connectivity index (χ0v) is 18.2. The van der Waals surface area contributed by atoms with Crippen LogP contribution in [0.5, 0.6) is 0 Å². The van der Waals surface area contributed by atoms with Gasteiger partial charge in [-0.25, -0.2) is 4.99 Å². The maximum absolute atomic E-state index is 12.1. The number of furan rings is 1. The second-order valence-electron chi connectivity index (χ2n) is 6.51. The highest BCUT2D eigenvalue weighted by molar-refractivity contribution is 6.41. The summed E-state index contributed by atoms with van der Waals surface area (Å²) in [5, 5.41) is 10.3. The molecule has 9 heteroatoms. The van der Waals surface area contributed by atoms with E-state index in [0.29, 0.717) is 34.9 Å². The molecule has 30 heavy (non-hydrogen) atoms. The second kappa shape index (κ2) is 10.2. The van der Waals surface area contributed by atoms with E-state index in [1.165, 1.54) is 6.26 Å². The topological polar surface area (TPSA) is 83.6 Å². The van der Waals surface area contributed by atoms with Gasteiger partial charge in [-0.1, -0.05) is 35.3 Å². The fraction of sp³-hybridized carbons (Fsp3) is 0.238. The number of anilines is 1. The molecule has 0 saturated carbocycles. The second-order valence-corrected chi connectivity index (χ2v) is 7.28. The first-order valence-electron chi connectivity index (χ1n) is 9.43. The maximum Gasteiger partial charge on any atom is 0.291 e. The molecule has 0 fully saturated rings. The van der Waals surface area contributed by atoms with Gasteiger partial charge in [0.1, 0.15) is 5.15 Å². The monoisotopic (exact) mass is 447 g/mol. The molecule has 0 unspecified atom stereocenters. The van der Waals surface area contributed by atoms with Crippen LogP contribution >= 0.6 is 23.2 Å². The van der Waals surface area contributed by atoms with Gasteiger partial charge in [-0.05, 0) is 42.8 Å². The molecule has 3 N–H and O–H groups in total. The molecule has 0 atom stereocenters. The maximum atomic E-state index is 12.1. The summed E-state index contributed by atoms with van der Waals surface area (Å²) in [4.78, 5) is 16.8. The number of nitrogens with one attached hydrogen (secondary N) is 3. The van der Waals surface area contributed by atoms with Crippen LogP contribution in [0.3, 0.4) is 0 Å². The van der Waals surface area contributed by atoms with Crippen molar-refractivity contribution in [2.45, 2.75) is 20.0 Å². The summed E-state index contributed by atoms with van der Waals surface area (Å²) in [6, 6.07) is 12.6. The van der Waals surface area contributed by atoms with Gasteiger partial charge in [0.2, 0.25) is 0 Å². The number of aliphatic imine (C=N–C) groups is 1. The minimum Gasteiger partial charge on any atom is -0.459 e. The number of hydrogen-bond donors (Lipinski definition) is 3. The number of carbonyl (C=O) groups excluding carboxylic acids is 1. The van der Waals surface area contributed by atoms with E-state index in [-0.39, 0.29) is 11.7 Å². The lowest BCUT2D eigenvalue weighted by Crippen LogP contribution is -2.37. The van der Waals surface area contributed by atoms with Gasteiger partial charge in [-0.2, -0.15) is 0 Å². The van der Waals surface area contributed by atoms with Gasteiger partial charge >= 0.3 is 0 Å². The van der Waals surface area contributed by atoms with Gasteiger partial charge in [-0.15, -0.1) is 0 Å². The van der Waals surface area contributed by atoms with Crippen LogP contribution in [-0.2, 0) is 20.1 Å². The summed E-state index contributed by atoms with van der Waals surface area (Å²) >= 11 is 12.2. The van der Waals surface area contributed by atoms with Crippen LogP contribution in [0.4, 0.5) is 5.69 Å². The summed E-state index contributed by atoms with van der Waals surface area (Å²) in [6.07, 6.45) is 1.46. The molecule has 3 rings (SSSR count). The van der Waals surface area contributed by atoms with E-state index in [0.717, 1.165) is 17.8 Å². The van der Waals surface area contributed by atoms with Crippen molar-refractivity contribution in [2.75, 3.05) is 11.9 Å². The van der Waals surface area contributed by atoms with Crippen LogP contribution in [-0.4, -0.2) is 23.0 Å². The van der Waals surface area contributed by atoms with Crippen molar-refractivity contribution in [3.8, 4) is 0 Å². The lowest BCUT2D eigenvalue weighted by atomic mass is 10.2. The van der Waals surface area contributed by atoms with Gasteiger partial charge in [0.25, 0.3) is 5.91 Å². The Morgan fingerprint density at radius 1 is 1.17 bits per heavy atom. The molecule has 1 amide bonds. The molecule has 0 aliphatic heterocycles. The average Bonchev–Trinajstić information content (AvgIpc) is 3.36. The van der Waals surface area contributed by atoms with E-state index in [4.69, 9.17) is 27.6 Å². The van der Waals surface area contributed by atoms with E-state index in [9.17, 15) is 4.79 Å². The molecule has 0 aliphatic carbocycles. The Balaban J connectivity index is 1.64. The van der Waals surface area contributed by atoms with Crippen molar-refractivity contribution in [1.82, 2.24) is 15.2 Å². The fourth-order valence-corrected chi connectivity index (χ4v) is 3.21. The van der Waals surface area contributed by atoms with Crippen molar-refractivity contribution in [3.63, 3.8) is 0 Å². The van der Waals surface area contributed by atoms with Gasteiger partial charge in [-0.3, -0.25) is 4.79 Å². The Hall–Kier alpha value is -2.90. The smallest absolute Gasteiger partial charge is 0.291 e. The van der Waals surface area contributed by atoms with Crippen LogP contribution < -0.4 is 16.0 Å². The predicted molar refractivity (Wildman–Crippen MR) is 120 cm³/mol. The summed E-state index contributed by atoms with van der Waals surface area (Å²) in [5.41, 5.74) is 2.57. The van der Waals surface area contributed by atoms with Gasteiger partial charge in [0, 0.05) is 25.0 Å². The Labute approximate surface area is 185 Å². The van der Waals surface area contributed by atoms with Crippen LogP contribution in [0.15, 0.2) is 58.1 Å². The molecule has 7 nitrogen and oxygen atoms in total. The van der Waals surface area contributed by atoms with Gasteiger partial charge < -0.3 is 24.9 Å². The largest absolute Gasteiger partial charge is 0.459 e.